The van der Waals surface area contributed by atoms with Crippen LogP contribution in [-0.4, -0.2) is 48.6 Å². The number of amides is 1. The van der Waals surface area contributed by atoms with Gasteiger partial charge in [0.05, 0.1) is 11.9 Å². The molecule has 1 aromatic carbocycles. The molecule has 1 amide bonds. The molecule has 1 aromatic heterocycles. The fraction of sp³-hybridized carbons (Fsp3) is 0.333. The number of nitrogens with one attached hydrogen (secondary N) is 1. The second-order valence-electron chi connectivity index (χ2n) is 5.58. The van der Waals surface area contributed by atoms with E-state index in [1.54, 1.807) is 6.92 Å². The summed E-state index contributed by atoms with van der Waals surface area (Å²) in [5, 5.41) is 2.73. The highest BCUT2D eigenvalue weighted by atomic mass is 16.5. The molecule has 1 N–H and O–H groups in total. The van der Waals surface area contributed by atoms with E-state index in [9.17, 15) is 9.59 Å². The van der Waals surface area contributed by atoms with Crippen molar-refractivity contribution in [3.63, 3.8) is 0 Å². The maximum atomic E-state index is 11.7. The van der Waals surface area contributed by atoms with Gasteiger partial charge in [-0.05, 0) is 25.5 Å². The van der Waals surface area contributed by atoms with Crippen molar-refractivity contribution in [2.24, 2.45) is 0 Å². The smallest absolute Gasteiger partial charge is 0.359 e. The third kappa shape index (κ3) is 6.21. The zero-order valence-corrected chi connectivity index (χ0v) is 14.4. The number of nitrogens with zero attached hydrogens (tertiary/aromatic N) is 3. The lowest BCUT2D eigenvalue weighted by Gasteiger charge is -2.19. The summed E-state index contributed by atoms with van der Waals surface area (Å²) in [5.74, 6) is -0.998. The van der Waals surface area contributed by atoms with E-state index in [0.29, 0.717) is 12.2 Å². The molecule has 0 spiro atoms. The fourth-order valence-corrected chi connectivity index (χ4v) is 2.11. The number of carbonyl (C=O) groups excluding carboxylic acids is 2. The molecule has 0 aliphatic carbocycles. The van der Waals surface area contributed by atoms with Crippen LogP contribution in [0.4, 0.5) is 5.69 Å². The summed E-state index contributed by atoms with van der Waals surface area (Å²) in [4.78, 5) is 33.4. The van der Waals surface area contributed by atoms with E-state index in [0.717, 1.165) is 18.7 Å². The molecule has 7 heteroatoms. The van der Waals surface area contributed by atoms with Gasteiger partial charge < -0.3 is 15.0 Å². The first-order valence-electron chi connectivity index (χ1n) is 8.05. The Balaban J connectivity index is 1.62. The molecule has 2 rings (SSSR count). The molecule has 0 saturated heterocycles. The first-order valence-corrected chi connectivity index (χ1v) is 8.05. The SMILES string of the molecule is Cc1cnc(C(=O)OCC(=O)NCCCN(C)c2ccccc2)cn1. The Kier molecular flexibility index (Phi) is 6.88. The van der Waals surface area contributed by atoms with Gasteiger partial charge in [0, 0.05) is 32.0 Å². The fourth-order valence-electron chi connectivity index (χ4n) is 2.11. The Labute approximate surface area is 147 Å². The highest BCUT2D eigenvalue weighted by Gasteiger charge is 2.11. The summed E-state index contributed by atoms with van der Waals surface area (Å²) in [7, 11) is 2.00. The summed E-state index contributed by atoms with van der Waals surface area (Å²) in [5.41, 5.74) is 1.92. The van der Waals surface area contributed by atoms with Gasteiger partial charge in [-0.2, -0.15) is 0 Å². The maximum Gasteiger partial charge on any atom is 0.359 e. The zero-order valence-electron chi connectivity index (χ0n) is 14.4. The van der Waals surface area contributed by atoms with Crippen LogP contribution in [0, 0.1) is 6.92 Å². The number of aryl methyl sites for hydroxylation is 1. The van der Waals surface area contributed by atoms with Crippen LogP contribution in [0.2, 0.25) is 0 Å². The van der Waals surface area contributed by atoms with Crippen molar-refractivity contribution in [2.45, 2.75) is 13.3 Å². The van der Waals surface area contributed by atoms with E-state index in [1.807, 2.05) is 37.4 Å². The van der Waals surface area contributed by atoms with Crippen LogP contribution in [0.5, 0.6) is 0 Å². The minimum Gasteiger partial charge on any atom is -0.451 e. The van der Waals surface area contributed by atoms with Gasteiger partial charge >= 0.3 is 5.97 Å². The number of benzene rings is 1. The Morgan fingerprint density at radius 2 is 1.92 bits per heavy atom. The molecule has 0 aliphatic heterocycles. The maximum absolute atomic E-state index is 11.7. The lowest BCUT2D eigenvalue weighted by atomic mass is 10.3. The third-order valence-electron chi connectivity index (χ3n) is 3.51. The summed E-state index contributed by atoms with van der Waals surface area (Å²) in [6, 6.07) is 10.0. The number of carbonyl (C=O) groups is 2. The number of rotatable bonds is 8. The number of para-hydroxylation sites is 1. The molecule has 0 unspecified atom stereocenters. The number of esters is 1. The van der Waals surface area contributed by atoms with Gasteiger partial charge in [0.25, 0.3) is 5.91 Å². The van der Waals surface area contributed by atoms with Gasteiger partial charge in [-0.1, -0.05) is 18.2 Å². The molecule has 0 radical (unpaired) electrons. The third-order valence-corrected chi connectivity index (χ3v) is 3.51. The van der Waals surface area contributed by atoms with E-state index in [4.69, 9.17) is 4.74 Å². The summed E-state index contributed by atoms with van der Waals surface area (Å²) in [6.07, 6.45) is 3.59. The number of ether oxygens (including phenoxy) is 1. The van der Waals surface area contributed by atoms with Gasteiger partial charge in [-0.15, -0.1) is 0 Å². The molecule has 25 heavy (non-hydrogen) atoms. The van der Waals surface area contributed by atoms with Crippen LogP contribution in [0.3, 0.4) is 0 Å². The van der Waals surface area contributed by atoms with Gasteiger partial charge in [0.1, 0.15) is 0 Å². The van der Waals surface area contributed by atoms with Crippen LogP contribution in [0.25, 0.3) is 0 Å². The van der Waals surface area contributed by atoms with Crippen LogP contribution < -0.4 is 10.2 Å². The molecule has 132 valence electrons. The predicted molar refractivity (Wildman–Crippen MR) is 94.4 cm³/mol. The van der Waals surface area contributed by atoms with Crippen LogP contribution in [-0.2, 0) is 9.53 Å². The lowest BCUT2D eigenvalue weighted by molar-refractivity contribution is -0.124. The van der Waals surface area contributed by atoms with Gasteiger partial charge in [-0.25, -0.2) is 9.78 Å². The van der Waals surface area contributed by atoms with Gasteiger partial charge in [0.2, 0.25) is 0 Å². The molecule has 0 saturated carbocycles. The van der Waals surface area contributed by atoms with Crippen molar-refractivity contribution in [3.8, 4) is 0 Å². The first-order chi connectivity index (χ1) is 12.1. The molecule has 7 nitrogen and oxygen atoms in total. The van der Waals surface area contributed by atoms with E-state index in [1.165, 1.54) is 12.4 Å². The van der Waals surface area contributed by atoms with Crippen molar-refractivity contribution >= 4 is 17.6 Å². The quantitative estimate of drug-likeness (QED) is 0.579. The monoisotopic (exact) mass is 342 g/mol. The Bertz CT molecular complexity index is 689. The summed E-state index contributed by atoms with van der Waals surface area (Å²) < 4.78 is 4.91. The highest BCUT2D eigenvalue weighted by Crippen LogP contribution is 2.10. The largest absolute Gasteiger partial charge is 0.451 e. The van der Waals surface area contributed by atoms with Crippen molar-refractivity contribution in [1.29, 1.82) is 0 Å². The number of aromatic nitrogens is 2. The molecule has 0 atom stereocenters. The van der Waals surface area contributed by atoms with Crippen molar-refractivity contribution in [3.05, 3.63) is 54.1 Å². The number of hydrogen-bond acceptors (Lipinski definition) is 6. The summed E-state index contributed by atoms with van der Waals surface area (Å²) >= 11 is 0. The van der Waals surface area contributed by atoms with E-state index in [2.05, 4.69) is 20.2 Å². The molecular formula is C18H22N4O3. The van der Waals surface area contributed by atoms with Crippen molar-refractivity contribution in [2.75, 3.05) is 31.6 Å². The van der Waals surface area contributed by atoms with Gasteiger partial charge in [-0.3, -0.25) is 9.78 Å². The minimum absolute atomic E-state index is 0.0860. The normalized spacial score (nSPS) is 10.2. The average Bonchev–Trinajstić information content (AvgIpc) is 2.64. The van der Waals surface area contributed by atoms with E-state index >= 15 is 0 Å². The Hall–Kier alpha value is -2.96. The van der Waals surface area contributed by atoms with E-state index in [-0.39, 0.29) is 18.2 Å². The van der Waals surface area contributed by atoms with Crippen LogP contribution in [0.1, 0.15) is 22.6 Å². The Morgan fingerprint density at radius 3 is 2.60 bits per heavy atom. The first kappa shape index (κ1) is 18.4. The van der Waals surface area contributed by atoms with Crippen LogP contribution in [0.15, 0.2) is 42.7 Å². The van der Waals surface area contributed by atoms with Crippen molar-refractivity contribution < 1.29 is 14.3 Å². The van der Waals surface area contributed by atoms with Crippen molar-refractivity contribution in [1.82, 2.24) is 15.3 Å². The highest BCUT2D eigenvalue weighted by molar-refractivity contribution is 5.89. The van der Waals surface area contributed by atoms with Gasteiger partial charge in [0.15, 0.2) is 12.3 Å². The topological polar surface area (TPSA) is 84.4 Å². The van der Waals surface area contributed by atoms with E-state index < -0.39 is 5.97 Å². The summed E-state index contributed by atoms with van der Waals surface area (Å²) in [6.45, 7) is 2.76. The molecule has 0 bridgehead atoms. The average molecular weight is 342 g/mol. The zero-order chi connectivity index (χ0) is 18.1. The second-order valence-corrected chi connectivity index (χ2v) is 5.58. The lowest BCUT2D eigenvalue weighted by Crippen LogP contribution is -2.31. The number of hydrogen-bond donors (Lipinski definition) is 1. The second kappa shape index (κ2) is 9.36. The molecule has 2 aromatic rings. The predicted octanol–water partition coefficient (Wildman–Crippen LogP) is 1.58. The molecule has 1 heterocycles. The number of anilines is 1. The molecule has 0 fully saturated rings. The van der Waals surface area contributed by atoms with Crippen LogP contribution >= 0.6 is 0 Å². The molecular weight excluding hydrogens is 320 g/mol. The minimum atomic E-state index is -0.661. The standard InChI is InChI=1S/C18H22N4O3/c1-14-11-21-16(12-20-14)18(24)25-13-17(23)19-9-6-10-22(2)15-7-4-3-5-8-15/h3-5,7-8,11-12H,6,9-10,13H2,1-2H3,(H,19,23). The Morgan fingerprint density at radius 1 is 1.16 bits per heavy atom. The molecule has 0 aliphatic rings.